The van der Waals surface area contributed by atoms with E-state index in [9.17, 15) is 13.2 Å². The molecule has 0 spiro atoms. The summed E-state index contributed by atoms with van der Waals surface area (Å²) in [7, 11) is -3.29. The Bertz CT molecular complexity index is 969. The molecule has 1 saturated heterocycles. The number of carbonyl (C=O) groups excluding carboxylic acids is 1. The number of hydrogen-bond acceptors (Lipinski definition) is 5. The molecule has 1 fully saturated rings. The fourth-order valence-corrected chi connectivity index (χ4v) is 5.10. The van der Waals surface area contributed by atoms with Gasteiger partial charge in [0.25, 0.3) is 5.91 Å². The molecular formula is C21H24N2O5S. The van der Waals surface area contributed by atoms with Gasteiger partial charge >= 0.3 is 0 Å². The van der Waals surface area contributed by atoms with Gasteiger partial charge in [0, 0.05) is 18.7 Å². The lowest BCUT2D eigenvalue weighted by Gasteiger charge is -2.26. The van der Waals surface area contributed by atoms with Gasteiger partial charge in [-0.05, 0) is 42.7 Å². The third kappa shape index (κ3) is 4.71. The second-order valence-corrected chi connectivity index (χ2v) is 9.24. The molecule has 0 aromatic heterocycles. The molecule has 2 aliphatic heterocycles. The van der Waals surface area contributed by atoms with Crippen molar-refractivity contribution in [1.82, 2.24) is 9.62 Å². The van der Waals surface area contributed by atoms with Crippen LogP contribution in [0.3, 0.4) is 0 Å². The maximum absolute atomic E-state index is 12.4. The summed E-state index contributed by atoms with van der Waals surface area (Å²) in [6.07, 6.45) is 1.57. The number of hydrogen-bond donors (Lipinski definition) is 1. The number of benzene rings is 2. The standard InChI is InChI=1S/C21H24N2O5S/c24-21(22-13-18-14-27-19-5-1-2-6-20(19)28-18)17-9-7-16(8-10-17)15-29(25,26)23-11-3-4-12-23/h1-2,5-10,18H,3-4,11-15H2,(H,22,24)/t18-/m0/s1. The van der Waals surface area contributed by atoms with Crippen molar-refractivity contribution in [2.45, 2.75) is 24.7 Å². The predicted molar refractivity (Wildman–Crippen MR) is 109 cm³/mol. The van der Waals surface area contributed by atoms with E-state index < -0.39 is 10.0 Å². The van der Waals surface area contributed by atoms with E-state index >= 15 is 0 Å². The number of fused-ring (bicyclic) bond motifs is 1. The van der Waals surface area contributed by atoms with Crippen LogP contribution in [0, 0.1) is 0 Å². The van der Waals surface area contributed by atoms with Crippen LogP contribution in [0.25, 0.3) is 0 Å². The molecule has 1 atom stereocenters. The third-order valence-electron chi connectivity index (χ3n) is 5.08. The second-order valence-electron chi connectivity index (χ2n) is 7.27. The lowest BCUT2D eigenvalue weighted by molar-refractivity contribution is 0.0789. The molecule has 4 rings (SSSR count). The van der Waals surface area contributed by atoms with Crippen LogP contribution in [-0.2, 0) is 15.8 Å². The van der Waals surface area contributed by atoms with Gasteiger partial charge in [0.15, 0.2) is 11.5 Å². The zero-order valence-corrected chi connectivity index (χ0v) is 16.9. The number of para-hydroxylation sites is 2. The van der Waals surface area contributed by atoms with Crippen LogP contribution >= 0.6 is 0 Å². The first-order valence-corrected chi connectivity index (χ1v) is 11.4. The Labute approximate surface area is 170 Å². The minimum Gasteiger partial charge on any atom is -0.486 e. The molecule has 0 unspecified atom stereocenters. The van der Waals surface area contributed by atoms with Crippen LogP contribution in [0.4, 0.5) is 0 Å². The summed E-state index contributed by atoms with van der Waals surface area (Å²) < 4.78 is 37.8. The van der Waals surface area contributed by atoms with Crippen molar-refractivity contribution in [3.05, 3.63) is 59.7 Å². The average molecular weight is 416 g/mol. The quantitative estimate of drug-likeness (QED) is 0.780. The smallest absolute Gasteiger partial charge is 0.251 e. The van der Waals surface area contributed by atoms with Crippen LogP contribution in [-0.4, -0.2) is 51.0 Å². The SMILES string of the molecule is O=C(NC[C@H]1COc2ccccc2O1)c1ccc(CS(=O)(=O)N2CCCC2)cc1. The summed E-state index contributed by atoms with van der Waals surface area (Å²) in [4.78, 5) is 12.4. The molecule has 2 heterocycles. The molecule has 0 aliphatic carbocycles. The van der Waals surface area contributed by atoms with Crippen molar-refractivity contribution in [1.29, 1.82) is 0 Å². The normalized spacial score (nSPS) is 19.1. The Kier molecular flexibility index (Phi) is 5.73. The Morgan fingerprint density at radius 3 is 2.45 bits per heavy atom. The number of carbonyl (C=O) groups is 1. The maximum atomic E-state index is 12.4. The second kappa shape index (κ2) is 8.42. The first-order chi connectivity index (χ1) is 14.0. The van der Waals surface area contributed by atoms with E-state index in [1.54, 1.807) is 24.3 Å². The number of rotatable bonds is 6. The van der Waals surface area contributed by atoms with Gasteiger partial charge in [-0.2, -0.15) is 0 Å². The molecular weight excluding hydrogens is 392 g/mol. The predicted octanol–water partition coefficient (Wildman–Crippen LogP) is 2.18. The lowest BCUT2D eigenvalue weighted by atomic mass is 10.1. The monoisotopic (exact) mass is 416 g/mol. The fourth-order valence-electron chi connectivity index (χ4n) is 3.49. The minimum atomic E-state index is -3.29. The Hall–Kier alpha value is -2.58. The van der Waals surface area contributed by atoms with Crippen LogP contribution in [0.15, 0.2) is 48.5 Å². The average Bonchev–Trinajstić information content (AvgIpc) is 3.28. The highest BCUT2D eigenvalue weighted by atomic mass is 32.2. The lowest BCUT2D eigenvalue weighted by Crippen LogP contribution is -2.40. The summed E-state index contributed by atoms with van der Waals surface area (Å²) in [5, 5.41) is 2.84. The molecule has 0 radical (unpaired) electrons. The molecule has 7 nitrogen and oxygen atoms in total. The summed E-state index contributed by atoms with van der Waals surface area (Å²) in [5.41, 5.74) is 1.15. The maximum Gasteiger partial charge on any atom is 0.251 e. The van der Waals surface area contributed by atoms with Crippen LogP contribution in [0.5, 0.6) is 11.5 Å². The van der Waals surface area contributed by atoms with Crippen LogP contribution in [0.2, 0.25) is 0 Å². The number of nitrogens with zero attached hydrogens (tertiary/aromatic N) is 1. The van der Waals surface area contributed by atoms with Gasteiger partial charge in [-0.15, -0.1) is 0 Å². The first kappa shape index (κ1) is 19.7. The third-order valence-corrected chi connectivity index (χ3v) is 6.93. The number of amides is 1. The number of sulfonamides is 1. The van der Waals surface area contributed by atoms with Gasteiger partial charge in [0.1, 0.15) is 12.7 Å². The first-order valence-electron chi connectivity index (χ1n) is 9.75. The van der Waals surface area contributed by atoms with Crippen molar-refractivity contribution in [2.24, 2.45) is 0 Å². The van der Waals surface area contributed by atoms with Gasteiger partial charge in [-0.25, -0.2) is 12.7 Å². The molecule has 1 amide bonds. The summed E-state index contributed by atoms with van der Waals surface area (Å²) in [6.45, 7) is 1.88. The Morgan fingerprint density at radius 2 is 1.72 bits per heavy atom. The zero-order chi connectivity index (χ0) is 20.3. The molecule has 2 aromatic rings. The molecule has 1 N–H and O–H groups in total. The number of ether oxygens (including phenoxy) is 2. The highest BCUT2D eigenvalue weighted by Gasteiger charge is 2.25. The van der Waals surface area contributed by atoms with Gasteiger partial charge in [-0.3, -0.25) is 4.79 Å². The van der Waals surface area contributed by atoms with E-state index in [0.717, 1.165) is 12.8 Å². The minimum absolute atomic E-state index is 0.0401. The van der Waals surface area contributed by atoms with Gasteiger partial charge in [-0.1, -0.05) is 24.3 Å². The summed E-state index contributed by atoms with van der Waals surface area (Å²) in [5.74, 6) is 1.10. The van der Waals surface area contributed by atoms with E-state index in [1.807, 2.05) is 24.3 Å². The highest BCUT2D eigenvalue weighted by molar-refractivity contribution is 7.88. The molecule has 154 valence electrons. The molecule has 8 heteroatoms. The van der Waals surface area contributed by atoms with Gasteiger partial charge in [0.05, 0.1) is 12.3 Å². The van der Waals surface area contributed by atoms with E-state index in [2.05, 4.69) is 5.32 Å². The van der Waals surface area contributed by atoms with E-state index in [0.29, 0.717) is 48.9 Å². The molecule has 2 aromatic carbocycles. The van der Waals surface area contributed by atoms with Crippen LogP contribution < -0.4 is 14.8 Å². The number of nitrogens with one attached hydrogen (secondary N) is 1. The Morgan fingerprint density at radius 1 is 1.03 bits per heavy atom. The zero-order valence-electron chi connectivity index (χ0n) is 16.0. The van der Waals surface area contributed by atoms with E-state index in [4.69, 9.17) is 9.47 Å². The van der Waals surface area contributed by atoms with E-state index in [1.165, 1.54) is 4.31 Å². The van der Waals surface area contributed by atoms with Gasteiger partial charge < -0.3 is 14.8 Å². The van der Waals surface area contributed by atoms with Crippen molar-refractivity contribution in [2.75, 3.05) is 26.2 Å². The molecule has 29 heavy (non-hydrogen) atoms. The molecule has 2 aliphatic rings. The molecule has 0 saturated carbocycles. The fraction of sp³-hybridized carbons (Fsp3) is 0.381. The largest absolute Gasteiger partial charge is 0.486 e. The Balaban J connectivity index is 1.30. The van der Waals surface area contributed by atoms with Crippen LogP contribution in [0.1, 0.15) is 28.8 Å². The van der Waals surface area contributed by atoms with Crippen molar-refractivity contribution < 1.29 is 22.7 Å². The molecule has 0 bridgehead atoms. The highest BCUT2D eigenvalue weighted by Crippen LogP contribution is 2.30. The van der Waals surface area contributed by atoms with Crippen molar-refractivity contribution >= 4 is 15.9 Å². The van der Waals surface area contributed by atoms with Crippen molar-refractivity contribution in [3.8, 4) is 11.5 Å². The summed E-state index contributed by atoms with van der Waals surface area (Å²) >= 11 is 0. The van der Waals surface area contributed by atoms with E-state index in [-0.39, 0.29) is 17.8 Å². The van der Waals surface area contributed by atoms with Crippen molar-refractivity contribution in [3.63, 3.8) is 0 Å². The van der Waals surface area contributed by atoms with Gasteiger partial charge in [0.2, 0.25) is 10.0 Å². The summed E-state index contributed by atoms with van der Waals surface area (Å²) in [6, 6.07) is 14.1. The topological polar surface area (TPSA) is 84.9 Å².